The summed E-state index contributed by atoms with van der Waals surface area (Å²) in [6, 6.07) is 0.356. The van der Waals surface area contributed by atoms with Crippen molar-refractivity contribution in [1.29, 1.82) is 0 Å². The van der Waals surface area contributed by atoms with Crippen LogP contribution in [0.25, 0.3) is 0 Å². The highest BCUT2D eigenvalue weighted by atomic mass is 16.5. The molecule has 0 aliphatic heterocycles. The van der Waals surface area contributed by atoms with Gasteiger partial charge in [0.2, 0.25) is 5.91 Å². The molecule has 0 aromatic heterocycles. The molecule has 0 unspecified atom stereocenters. The van der Waals surface area contributed by atoms with Crippen molar-refractivity contribution in [2.45, 2.75) is 70.4 Å². The van der Waals surface area contributed by atoms with E-state index in [0.717, 1.165) is 25.7 Å². The van der Waals surface area contributed by atoms with Crippen LogP contribution in [-0.4, -0.2) is 30.7 Å². The molecule has 1 saturated carbocycles. The highest BCUT2D eigenvalue weighted by Crippen LogP contribution is 2.17. The van der Waals surface area contributed by atoms with Crippen molar-refractivity contribution in [3.63, 3.8) is 0 Å². The fraction of sp³-hybridized carbons (Fsp3) is 0.929. The average Bonchev–Trinajstić information content (AvgIpc) is 2.39. The first kappa shape index (κ1) is 15.4. The van der Waals surface area contributed by atoms with E-state index in [1.54, 1.807) is 0 Å². The summed E-state index contributed by atoms with van der Waals surface area (Å²) in [6.07, 6.45) is 7.70. The Morgan fingerprint density at radius 2 is 1.89 bits per heavy atom. The number of rotatable bonds is 7. The van der Waals surface area contributed by atoms with Crippen LogP contribution in [0, 0.1) is 0 Å². The number of hydrogen-bond donors (Lipinski definition) is 2. The molecule has 106 valence electrons. The van der Waals surface area contributed by atoms with E-state index in [9.17, 15) is 4.79 Å². The minimum absolute atomic E-state index is 0.00328. The molecule has 18 heavy (non-hydrogen) atoms. The zero-order valence-corrected chi connectivity index (χ0v) is 11.8. The maximum atomic E-state index is 11.7. The van der Waals surface area contributed by atoms with Crippen molar-refractivity contribution in [3.8, 4) is 0 Å². The zero-order chi connectivity index (χ0) is 13.4. The van der Waals surface area contributed by atoms with E-state index in [4.69, 9.17) is 10.5 Å². The van der Waals surface area contributed by atoms with Crippen LogP contribution < -0.4 is 11.1 Å². The molecule has 1 amide bonds. The van der Waals surface area contributed by atoms with Crippen LogP contribution in [0.2, 0.25) is 0 Å². The van der Waals surface area contributed by atoms with E-state index in [2.05, 4.69) is 19.2 Å². The lowest BCUT2D eigenvalue weighted by Crippen LogP contribution is -2.45. The summed E-state index contributed by atoms with van der Waals surface area (Å²) < 4.78 is 5.45. The molecule has 1 aliphatic carbocycles. The first-order valence-corrected chi connectivity index (χ1v) is 7.25. The Bertz CT molecular complexity index is 246. The summed E-state index contributed by atoms with van der Waals surface area (Å²) in [7, 11) is 0. The average molecular weight is 256 g/mol. The Morgan fingerprint density at radius 3 is 2.44 bits per heavy atom. The molecule has 1 fully saturated rings. The van der Waals surface area contributed by atoms with Gasteiger partial charge < -0.3 is 15.8 Å². The first-order chi connectivity index (χ1) is 8.59. The Labute approximate surface area is 111 Å². The maximum absolute atomic E-state index is 11.7. The third-order valence-corrected chi connectivity index (χ3v) is 4.00. The van der Waals surface area contributed by atoms with E-state index in [1.807, 2.05) is 0 Å². The van der Waals surface area contributed by atoms with Gasteiger partial charge in [-0.15, -0.1) is 0 Å². The molecular formula is C14H28N2O2. The minimum Gasteiger partial charge on any atom is -0.370 e. The quantitative estimate of drug-likeness (QED) is 0.732. The smallest absolute Gasteiger partial charge is 0.246 e. The number of ether oxygens (including phenoxy) is 1. The zero-order valence-electron chi connectivity index (χ0n) is 11.8. The summed E-state index contributed by atoms with van der Waals surface area (Å²) in [5, 5.41) is 3.04. The molecule has 0 heterocycles. The van der Waals surface area contributed by atoms with Gasteiger partial charge in [0.1, 0.15) is 6.61 Å². The number of nitrogens with one attached hydrogen (secondary N) is 1. The van der Waals surface area contributed by atoms with Gasteiger partial charge in [0.05, 0.1) is 6.61 Å². The van der Waals surface area contributed by atoms with E-state index >= 15 is 0 Å². The lowest BCUT2D eigenvalue weighted by atomic mass is 9.95. The van der Waals surface area contributed by atoms with Crippen LogP contribution >= 0.6 is 0 Å². The van der Waals surface area contributed by atoms with E-state index in [0.29, 0.717) is 12.6 Å². The van der Waals surface area contributed by atoms with Gasteiger partial charge in [-0.05, 0) is 25.7 Å². The molecule has 0 radical (unpaired) electrons. The largest absolute Gasteiger partial charge is 0.370 e. The fourth-order valence-electron chi connectivity index (χ4n) is 2.32. The third-order valence-electron chi connectivity index (χ3n) is 4.00. The van der Waals surface area contributed by atoms with Gasteiger partial charge in [-0.3, -0.25) is 4.79 Å². The minimum atomic E-state index is -0.287. The van der Waals surface area contributed by atoms with Gasteiger partial charge in [0.25, 0.3) is 0 Å². The highest BCUT2D eigenvalue weighted by molar-refractivity contribution is 5.77. The summed E-state index contributed by atoms with van der Waals surface area (Å²) in [6.45, 7) is 4.69. The molecule has 1 aliphatic rings. The van der Waals surface area contributed by atoms with Crippen molar-refractivity contribution in [2.24, 2.45) is 5.73 Å². The van der Waals surface area contributed by atoms with Gasteiger partial charge >= 0.3 is 0 Å². The topological polar surface area (TPSA) is 64.3 Å². The third kappa shape index (κ3) is 5.36. The van der Waals surface area contributed by atoms with Crippen molar-refractivity contribution in [1.82, 2.24) is 5.32 Å². The summed E-state index contributed by atoms with van der Waals surface area (Å²) in [5.41, 5.74) is 5.82. The molecule has 0 aromatic carbocycles. The monoisotopic (exact) mass is 256 g/mol. The highest BCUT2D eigenvalue weighted by Gasteiger charge is 2.21. The van der Waals surface area contributed by atoms with Crippen LogP contribution in [0.4, 0.5) is 0 Å². The van der Waals surface area contributed by atoms with Crippen LogP contribution in [-0.2, 0) is 9.53 Å². The second-order valence-electron chi connectivity index (χ2n) is 5.46. The number of carbonyl (C=O) groups is 1. The number of amides is 1. The molecule has 3 N–H and O–H groups in total. The fourth-order valence-corrected chi connectivity index (χ4v) is 2.32. The Balaban J connectivity index is 2.16. The second-order valence-corrected chi connectivity index (χ2v) is 5.46. The molecule has 0 spiro atoms. The molecular weight excluding hydrogens is 228 g/mol. The molecule has 0 aromatic rings. The van der Waals surface area contributed by atoms with Gasteiger partial charge in [-0.2, -0.15) is 0 Å². The number of nitrogens with two attached hydrogens (primary N) is 1. The summed E-state index contributed by atoms with van der Waals surface area (Å²) in [4.78, 5) is 11.7. The van der Waals surface area contributed by atoms with Crippen LogP contribution in [0.15, 0.2) is 0 Å². The molecule has 4 nitrogen and oxygen atoms in total. The van der Waals surface area contributed by atoms with Crippen LogP contribution in [0.5, 0.6) is 0 Å². The number of hydrogen-bond acceptors (Lipinski definition) is 3. The standard InChI is InChI=1S/C14H28N2O2/c1-3-14(15,4-2)11-18-10-13(17)16-12-8-6-5-7-9-12/h12H,3-11,15H2,1-2H3,(H,16,17). The molecule has 0 saturated heterocycles. The molecule has 0 atom stereocenters. The predicted octanol–water partition coefficient (Wildman–Crippen LogP) is 1.97. The maximum Gasteiger partial charge on any atom is 0.246 e. The lowest BCUT2D eigenvalue weighted by molar-refractivity contribution is -0.127. The summed E-state index contributed by atoms with van der Waals surface area (Å²) >= 11 is 0. The lowest BCUT2D eigenvalue weighted by Gasteiger charge is -2.26. The van der Waals surface area contributed by atoms with Gasteiger partial charge in [-0.1, -0.05) is 33.1 Å². The molecule has 0 bridgehead atoms. The Morgan fingerprint density at radius 1 is 1.28 bits per heavy atom. The second kappa shape index (κ2) is 7.74. The van der Waals surface area contributed by atoms with E-state index in [1.165, 1.54) is 19.3 Å². The Kier molecular flexibility index (Phi) is 6.65. The number of carbonyl (C=O) groups excluding carboxylic acids is 1. The van der Waals surface area contributed by atoms with Gasteiger partial charge in [0, 0.05) is 11.6 Å². The van der Waals surface area contributed by atoms with Crippen LogP contribution in [0.1, 0.15) is 58.8 Å². The van der Waals surface area contributed by atoms with Gasteiger partial charge in [0.15, 0.2) is 0 Å². The Hall–Kier alpha value is -0.610. The predicted molar refractivity (Wildman–Crippen MR) is 73.3 cm³/mol. The molecule has 4 heteroatoms. The van der Waals surface area contributed by atoms with Crippen molar-refractivity contribution in [3.05, 3.63) is 0 Å². The molecule has 1 rings (SSSR count). The van der Waals surface area contributed by atoms with Crippen molar-refractivity contribution < 1.29 is 9.53 Å². The van der Waals surface area contributed by atoms with Gasteiger partial charge in [-0.25, -0.2) is 0 Å². The van der Waals surface area contributed by atoms with Crippen LogP contribution in [0.3, 0.4) is 0 Å². The summed E-state index contributed by atoms with van der Waals surface area (Å²) in [5.74, 6) is -0.00328. The SMILES string of the molecule is CCC(N)(CC)COCC(=O)NC1CCCCC1. The first-order valence-electron chi connectivity index (χ1n) is 7.25. The van der Waals surface area contributed by atoms with Crippen molar-refractivity contribution in [2.75, 3.05) is 13.2 Å². The van der Waals surface area contributed by atoms with E-state index < -0.39 is 0 Å². The van der Waals surface area contributed by atoms with E-state index in [-0.39, 0.29) is 18.1 Å². The van der Waals surface area contributed by atoms with Crippen molar-refractivity contribution >= 4 is 5.91 Å². The normalized spacial score (nSPS) is 17.7.